The van der Waals surface area contributed by atoms with Crippen LogP contribution in [0.25, 0.3) is 0 Å². The number of nitro groups is 1. The molecule has 0 unspecified atom stereocenters. The van der Waals surface area contributed by atoms with Crippen LogP contribution in [-0.4, -0.2) is 26.0 Å². The number of nitrogens with one attached hydrogen (secondary N) is 3. The van der Waals surface area contributed by atoms with E-state index < -0.39 is 10.8 Å². The largest absolute Gasteiger partial charge is 0.351 e. The molecule has 0 radical (unpaired) electrons. The van der Waals surface area contributed by atoms with Gasteiger partial charge in [-0.1, -0.05) is 0 Å². The maximum atomic E-state index is 11.7. The van der Waals surface area contributed by atoms with Crippen LogP contribution in [-0.2, 0) is 0 Å². The van der Waals surface area contributed by atoms with Gasteiger partial charge in [0, 0.05) is 11.6 Å². The van der Waals surface area contributed by atoms with Crippen molar-refractivity contribution in [3.8, 4) is 0 Å². The van der Waals surface area contributed by atoms with E-state index in [-0.39, 0.29) is 11.4 Å². The average molecular weight is 235 g/mol. The number of nitrogens with zero attached hydrogens (tertiary/aromatic N) is 2. The third kappa shape index (κ3) is 2.14. The highest BCUT2D eigenvalue weighted by Crippen LogP contribution is 2.14. The molecule has 0 fully saturated rings. The van der Waals surface area contributed by atoms with Crippen LogP contribution < -0.4 is 5.32 Å². The van der Waals surface area contributed by atoms with Crippen molar-refractivity contribution in [3.63, 3.8) is 0 Å². The van der Waals surface area contributed by atoms with E-state index in [2.05, 4.69) is 20.5 Å². The number of aromatic amines is 2. The molecule has 0 bridgehead atoms. The molecule has 2 rings (SSSR count). The number of amides is 1. The summed E-state index contributed by atoms with van der Waals surface area (Å²) >= 11 is 0. The second kappa shape index (κ2) is 4.08. The van der Waals surface area contributed by atoms with Crippen LogP contribution in [0.1, 0.15) is 16.1 Å². The van der Waals surface area contributed by atoms with Gasteiger partial charge in [-0.05, 0) is 6.92 Å². The van der Waals surface area contributed by atoms with Gasteiger partial charge in [0.25, 0.3) is 11.6 Å². The molecule has 0 aliphatic heterocycles. The molecule has 8 nitrogen and oxygen atoms in total. The number of aromatic nitrogens is 3. The zero-order valence-corrected chi connectivity index (χ0v) is 8.85. The number of aryl methyl sites for hydroxylation is 1. The summed E-state index contributed by atoms with van der Waals surface area (Å²) in [6.45, 7) is 1.77. The van der Waals surface area contributed by atoms with Crippen molar-refractivity contribution in [1.82, 2.24) is 15.2 Å². The molecular weight excluding hydrogens is 226 g/mol. The van der Waals surface area contributed by atoms with Crippen LogP contribution >= 0.6 is 0 Å². The Morgan fingerprint density at radius 1 is 1.59 bits per heavy atom. The maximum absolute atomic E-state index is 11.7. The van der Waals surface area contributed by atoms with Gasteiger partial charge in [0.1, 0.15) is 11.5 Å². The zero-order valence-electron chi connectivity index (χ0n) is 8.85. The van der Waals surface area contributed by atoms with Crippen LogP contribution in [0.2, 0.25) is 0 Å². The number of hydrogen-bond acceptors (Lipinski definition) is 4. The molecule has 0 atom stereocenters. The molecule has 0 aliphatic rings. The Labute approximate surface area is 95.2 Å². The molecule has 0 saturated carbocycles. The van der Waals surface area contributed by atoms with Crippen molar-refractivity contribution in [2.45, 2.75) is 6.92 Å². The Kier molecular flexibility index (Phi) is 2.61. The van der Waals surface area contributed by atoms with Crippen LogP contribution in [0.15, 0.2) is 18.5 Å². The summed E-state index contributed by atoms with van der Waals surface area (Å²) < 4.78 is 0. The molecule has 88 valence electrons. The summed E-state index contributed by atoms with van der Waals surface area (Å²) in [4.78, 5) is 24.1. The van der Waals surface area contributed by atoms with Crippen LogP contribution in [0.4, 0.5) is 11.5 Å². The molecule has 8 heteroatoms. The summed E-state index contributed by atoms with van der Waals surface area (Å²) in [6, 6.07) is 1.17. The second-order valence-electron chi connectivity index (χ2n) is 3.41. The highest BCUT2D eigenvalue weighted by atomic mass is 16.6. The maximum Gasteiger partial charge on any atom is 0.287 e. The van der Waals surface area contributed by atoms with E-state index in [0.717, 1.165) is 11.8 Å². The fourth-order valence-corrected chi connectivity index (χ4v) is 1.27. The molecule has 2 heterocycles. The predicted octanol–water partition coefficient (Wildman–Crippen LogP) is 1.21. The van der Waals surface area contributed by atoms with Crippen molar-refractivity contribution in [3.05, 3.63) is 39.8 Å². The zero-order chi connectivity index (χ0) is 12.4. The van der Waals surface area contributed by atoms with Crippen molar-refractivity contribution >= 4 is 17.4 Å². The van der Waals surface area contributed by atoms with E-state index in [0.29, 0.717) is 5.82 Å². The summed E-state index contributed by atoms with van der Waals surface area (Å²) in [7, 11) is 0. The molecule has 0 aliphatic carbocycles. The van der Waals surface area contributed by atoms with E-state index in [1.54, 1.807) is 13.1 Å². The predicted molar refractivity (Wildman–Crippen MR) is 58.7 cm³/mol. The third-order valence-corrected chi connectivity index (χ3v) is 2.19. The van der Waals surface area contributed by atoms with Crippen LogP contribution in [0.3, 0.4) is 0 Å². The molecule has 0 aromatic carbocycles. The van der Waals surface area contributed by atoms with Crippen molar-refractivity contribution in [2.24, 2.45) is 0 Å². The fourth-order valence-electron chi connectivity index (χ4n) is 1.27. The molecular formula is C9H9N5O3. The Morgan fingerprint density at radius 2 is 2.35 bits per heavy atom. The number of rotatable bonds is 3. The smallest absolute Gasteiger partial charge is 0.287 e. The number of anilines is 1. The van der Waals surface area contributed by atoms with Gasteiger partial charge in [-0.3, -0.25) is 20.0 Å². The first-order valence-corrected chi connectivity index (χ1v) is 4.72. The Balaban J connectivity index is 2.15. The molecule has 0 saturated heterocycles. The summed E-state index contributed by atoms with van der Waals surface area (Å²) in [5, 5.41) is 19.3. The second-order valence-corrected chi connectivity index (χ2v) is 3.41. The minimum absolute atomic E-state index is 0.116. The molecule has 17 heavy (non-hydrogen) atoms. The van der Waals surface area contributed by atoms with E-state index in [4.69, 9.17) is 0 Å². The molecule has 3 N–H and O–H groups in total. The van der Waals surface area contributed by atoms with Gasteiger partial charge in [0.15, 0.2) is 0 Å². The minimum Gasteiger partial charge on any atom is -0.351 e. The quantitative estimate of drug-likeness (QED) is 0.547. The topological polar surface area (TPSA) is 117 Å². The monoisotopic (exact) mass is 235 g/mol. The van der Waals surface area contributed by atoms with Crippen molar-refractivity contribution < 1.29 is 9.72 Å². The van der Waals surface area contributed by atoms with Crippen molar-refractivity contribution in [1.29, 1.82) is 0 Å². The van der Waals surface area contributed by atoms with Gasteiger partial charge in [0.2, 0.25) is 0 Å². The van der Waals surface area contributed by atoms with Gasteiger partial charge in [-0.2, -0.15) is 5.10 Å². The Hall–Kier alpha value is -2.64. The van der Waals surface area contributed by atoms with Gasteiger partial charge in [0.05, 0.1) is 17.3 Å². The first-order valence-electron chi connectivity index (χ1n) is 4.72. The highest BCUT2D eigenvalue weighted by Gasteiger charge is 2.15. The number of carbonyl (C=O) groups is 1. The summed E-state index contributed by atoms with van der Waals surface area (Å²) in [5.41, 5.74) is 0.738. The number of H-pyrrole nitrogens is 2. The van der Waals surface area contributed by atoms with Gasteiger partial charge < -0.3 is 10.3 Å². The van der Waals surface area contributed by atoms with Gasteiger partial charge in [-0.15, -0.1) is 0 Å². The first-order chi connectivity index (χ1) is 8.08. The third-order valence-electron chi connectivity index (χ3n) is 2.19. The standard InChI is InChI=1S/C9H9N5O3/c1-5-3-11-13-8(5)12-9(15)7-2-6(4-10-7)14(16)17/h2-4,10H,1H3,(H2,11,12,13,15). The minimum atomic E-state index is -0.575. The van der Waals surface area contributed by atoms with E-state index in [1.807, 2.05) is 0 Å². The molecule has 2 aromatic heterocycles. The van der Waals surface area contributed by atoms with Gasteiger partial charge >= 0.3 is 0 Å². The van der Waals surface area contributed by atoms with Gasteiger partial charge in [-0.25, -0.2) is 0 Å². The lowest BCUT2D eigenvalue weighted by molar-refractivity contribution is -0.384. The summed E-state index contributed by atoms with van der Waals surface area (Å²) in [5.74, 6) is -0.00213. The Morgan fingerprint density at radius 3 is 2.88 bits per heavy atom. The number of carbonyl (C=O) groups excluding carboxylic acids is 1. The SMILES string of the molecule is Cc1cn[nH]c1NC(=O)c1cc([N+](=O)[O-])c[nH]1. The van der Waals surface area contributed by atoms with E-state index >= 15 is 0 Å². The van der Waals surface area contributed by atoms with Crippen LogP contribution in [0, 0.1) is 17.0 Å². The molecule has 1 amide bonds. The first kappa shape index (κ1) is 10.9. The fraction of sp³-hybridized carbons (Fsp3) is 0.111. The van der Waals surface area contributed by atoms with Crippen LogP contribution in [0.5, 0.6) is 0 Å². The molecule has 0 spiro atoms. The summed E-state index contributed by atoms with van der Waals surface area (Å²) in [6.07, 6.45) is 2.72. The lowest BCUT2D eigenvalue weighted by Crippen LogP contribution is -2.13. The van der Waals surface area contributed by atoms with E-state index in [9.17, 15) is 14.9 Å². The van der Waals surface area contributed by atoms with E-state index in [1.165, 1.54) is 6.07 Å². The normalized spacial score (nSPS) is 10.2. The Bertz CT molecular complexity index is 571. The average Bonchev–Trinajstić information content (AvgIpc) is 2.88. The lowest BCUT2D eigenvalue weighted by Gasteiger charge is -2.00. The lowest BCUT2D eigenvalue weighted by atomic mass is 10.3. The number of hydrogen-bond donors (Lipinski definition) is 3. The molecule has 2 aromatic rings. The van der Waals surface area contributed by atoms with Crippen molar-refractivity contribution in [2.75, 3.05) is 5.32 Å². The highest BCUT2D eigenvalue weighted by molar-refractivity contribution is 6.03.